The standard InChI is InChI=1S/2C9H11NO3.C3H7NO2S/c2*10-8(9(12)13)5-6-1-3-7(11)4-2-6;4-2(1-7)3(5)6/h2*1-4,8,11H,5,10H2,(H,12,13);2,7H,1,4H2,(H,5,6)/t8-;;2-/m0.0/s1. The van der Waals surface area contributed by atoms with E-state index in [1.54, 1.807) is 24.3 Å². The lowest BCUT2D eigenvalue weighted by molar-refractivity contribution is -0.139. The summed E-state index contributed by atoms with van der Waals surface area (Å²) in [4.78, 5) is 30.5. The number of hydrogen-bond donors (Lipinski definition) is 9. The van der Waals surface area contributed by atoms with E-state index >= 15 is 0 Å². The molecule has 1 unspecified atom stereocenters. The Hall–Kier alpha value is -3.32. The molecule has 0 aliphatic heterocycles. The molecule has 0 saturated carbocycles. The van der Waals surface area contributed by atoms with Crippen molar-refractivity contribution in [3.63, 3.8) is 0 Å². The lowest BCUT2D eigenvalue weighted by Gasteiger charge is -2.05. The van der Waals surface area contributed by atoms with Crippen LogP contribution in [-0.2, 0) is 27.2 Å². The van der Waals surface area contributed by atoms with E-state index in [-0.39, 0.29) is 30.1 Å². The van der Waals surface area contributed by atoms with Crippen molar-refractivity contribution in [2.45, 2.75) is 31.0 Å². The molecule has 2 aromatic rings. The van der Waals surface area contributed by atoms with Crippen molar-refractivity contribution in [2.75, 3.05) is 5.75 Å². The fraction of sp³-hybridized carbons (Fsp3) is 0.286. The van der Waals surface area contributed by atoms with Crippen molar-refractivity contribution < 1.29 is 39.9 Å². The number of aliphatic carboxylic acids is 3. The highest BCUT2D eigenvalue weighted by molar-refractivity contribution is 7.80. The summed E-state index contributed by atoms with van der Waals surface area (Å²) in [6, 6.07) is 10.0. The summed E-state index contributed by atoms with van der Waals surface area (Å²) in [5.74, 6) is -2.54. The number of phenolic OH excluding ortho intramolecular Hbond substituents is 2. The number of carboxylic acids is 3. The largest absolute Gasteiger partial charge is 0.508 e. The minimum absolute atomic E-state index is 0.160. The van der Waals surface area contributed by atoms with Crippen LogP contribution in [-0.4, -0.2) is 67.3 Å². The summed E-state index contributed by atoms with van der Waals surface area (Å²) < 4.78 is 0. The SMILES string of the molecule is NC(Cc1ccc(O)cc1)C(=O)O.N[C@@H](CS)C(=O)O.N[C@@H](Cc1ccc(O)cc1)C(=O)O. The van der Waals surface area contributed by atoms with E-state index < -0.39 is 36.0 Å². The van der Waals surface area contributed by atoms with Gasteiger partial charge in [-0.2, -0.15) is 12.6 Å². The van der Waals surface area contributed by atoms with Crippen molar-refractivity contribution in [2.24, 2.45) is 17.2 Å². The van der Waals surface area contributed by atoms with E-state index in [0.29, 0.717) is 0 Å². The number of thiol groups is 1. The van der Waals surface area contributed by atoms with E-state index in [4.69, 9.17) is 42.7 Å². The number of aromatic hydroxyl groups is 2. The van der Waals surface area contributed by atoms with Gasteiger partial charge in [0.25, 0.3) is 0 Å². The van der Waals surface area contributed by atoms with Crippen molar-refractivity contribution in [1.29, 1.82) is 0 Å². The summed E-state index contributed by atoms with van der Waals surface area (Å²) >= 11 is 3.65. The van der Waals surface area contributed by atoms with Crippen LogP contribution in [0.1, 0.15) is 11.1 Å². The molecule has 11 N–H and O–H groups in total. The summed E-state index contributed by atoms with van der Waals surface area (Å²) in [5.41, 5.74) is 17.2. The molecule has 3 atom stereocenters. The van der Waals surface area contributed by atoms with Gasteiger partial charge in [0, 0.05) is 5.75 Å². The third-order valence-corrected chi connectivity index (χ3v) is 4.33. The molecule has 12 heteroatoms. The van der Waals surface area contributed by atoms with Crippen LogP contribution < -0.4 is 17.2 Å². The lowest BCUT2D eigenvalue weighted by Crippen LogP contribution is -2.32. The Morgan fingerprint density at radius 2 is 0.909 bits per heavy atom. The zero-order valence-corrected chi connectivity index (χ0v) is 18.5. The van der Waals surface area contributed by atoms with Crippen molar-refractivity contribution >= 4 is 30.5 Å². The molecule has 0 spiro atoms. The van der Waals surface area contributed by atoms with Crippen LogP contribution in [0.4, 0.5) is 0 Å². The molecule has 0 saturated heterocycles. The second-order valence-electron chi connectivity index (χ2n) is 6.76. The van der Waals surface area contributed by atoms with Gasteiger partial charge in [-0.3, -0.25) is 14.4 Å². The smallest absolute Gasteiger partial charge is 0.321 e. The number of carboxylic acid groups (broad SMARTS) is 3. The fourth-order valence-corrected chi connectivity index (χ4v) is 2.18. The highest BCUT2D eigenvalue weighted by Gasteiger charge is 2.12. The summed E-state index contributed by atoms with van der Waals surface area (Å²) in [5, 5.41) is 43.0. The van der Waals surface area contributed by atoms with Crippen LogP contribution in [0.3, 0.4) is 0 Å². The number of phenols is 2. The molecule has 0 aliphatic carbocycles. The third-order valence-electron chi connectivity index (χ3n) is 3.93. The predicted octanol–water partition coefficient (Wildman–Crippen LogP) is 0.0213. The zero-order chi connectivity index (χ0) is 25.6. The number of benzene rings is 2. The monoisotopic (exact) mass is 483 g/mol. The second-order valence-corrected chi connectivity index (χ2v) is 7.12. The first-order chi connectivity index (χ1) is 15.4. The van der Waals surface area contributed by atoms with Crippen LogP contribution in [0.15, 0.2) is 48.5 Å². The molecule has 0 amide bonds. The predicted molar refractivity (Wildman–Crippen MR) is 124 cm³/mol. The maximum Gasteiger partial charge on any atom is 0.321 e. The van der Waals surface area contributed by atoms with E-state index in [1.165, 1.54) is 24.3 Å². The maximum absolute atomic E-state index is 10.4. The number of rotatable bonds is 8. The molecule has 0 bridgehead atoms. The molecule has 0 aliphatic rings. The average Bonchev–Trinajstić information content (AvgIpc) is 2.77. The van der Waals surface area contributed by atoms with Crippen LogP contribution in [0.25, 0.3) is 0 Å². The molecular formula is C21H29N3O8S. The summed E-state index contributed by atoms with van der Waals surface area (Å²) in [6.45, 7) is 0. The van der Waals surface area contributed by atoms with Gasteiger partial charge in [-0.1, -0.05) is 24.3 Å². The Morgan fingerprint density at radius 1 is 0.636 bits per heavy atom. The van der Waals surface area contributed by atoms with Crippen molar-refractivity contribution in [3.05, 3.63) is 59.7 Å². The molecular weight excluding hydrogens is 454 g/mol. The summed E-state index contributed by atoms with van der Waals surface area (Å²) in [6.07, 6.45) is 0.547. The van der Waals surface area contributed by atoms with Crippen LogP contribution in [0, 0.1) is 0 Å². The van der Waals surface area contributed by atoms with Gasteiger partial charge in [0.05, 0.1) is 0 Å². The van der Waals surface area contributed by atoms with Crippen molar-refractivity contribution in [3.8, 4) is 11.5 Å². The molecule has 0 fully saturated rings. The Balaban J connectivity index is 0.000000490. The topological polar surface area (TPSA) is 230 Å². The van der Waals surface area contributed by atoms with Gasteiger partial charge in [0.1, 0.15) is 29.6 Å². The van der Waals surface area contributed by atoms with E-state index in [9.17, 15) is 14.4 Å². The van der Waals surface area contributed by atoms with Gasteiger partial charge in [0.2, 0.25) is 0 Å². The van der Waals surface area contributed by atoms with Gasteiger partial charge >= 0.3 is 17.9 Å². The normalized spacial score (nSPS) is 12.6. The molecule has 182 valence electrons. The minimum atomic E-state index is -1.02. The van der Waals surface area contributed by atoms with Gasteiger partial charge in [-0.05, 0) is 48.2 Å². The number of nitrogens with two attached hydrogens (primary N) is 3. The van der Waals surface area contributed by atoms with Gasteiger partial charge in [0.15, 0.2) is 0 Å². The maximum atomic E-state index is 10.4. The third kappa shape index (κ3) is 13.6. The Morgan fingerprint density at radius 3 is 1.09 bits per heavy atom. The van der Waals surface area contributed by atoms with Crippen LogP contribution in [0.5, 0.6) is 11.5 Å². The van der Waals surface area contributed by atoms with E-state index in [1.807, 2.05) is 0 Å². The first-order valence-corrected chi connectivity index (χ1v) is 10.1. The highest BCUT2D eigenvalue weighted by Crippen LogP contribution is 2.11. The number of hydrogen-bond acceptors (Lipinski definition) is 9. The molecule has 0 aromatic heterocycles. The Bertz CT molecular complexity index is 815. The van der Waals surface area contributed by atoms with Crippen LogP contribution in [0.2, 0.25) is 0 Å². The second kappa shape index (κ2) is 15.5. The van der Waals surface area contributed by atoms with E-state index in [2.05, 4.69) is 12.6 Å². The highest BCUT2D eigenvalue weighted by atomic mass is 32.1. The van der Waals surface area contributed by atoms with Gasteiger partial charge in [-0.25, -0.2) is 0 Å². The molecule has 0 heterocycles. The quantitative estimate of drug-likeness (QED) is 0.227. The van der Waals surface area contributed by atoms with Crippen molar-refractivity contribution in [1.82, 2.24) is 0 Å². The van der Waals surface area contributed by atoms with Crippen LogP contribution >= 0.6 is 12.6 Å². The number of carbonyl (C=O) groups is 3. The first kappa shape index (κ1) is 29.7. The summed E-state index contributed by atoms with van der Waals surface area (Å²) in [7, 11) is 0. The van der Waals surface area contributed by atoms with Gasteiger partial charge in [-0.15, -0.1) is 0 Å². The Labute approximate surface area is 195 Å². The molecule has 2 rings (SSSR count). The molecule has 2 aromatic carbocycles. The molecule has 33 heavy (non-hydrogen) atoms. The zero-order valence-electron chi connectivity index (χ0n) is 17.6. The minimum Gasteiger partial charge on any atom is -0.508 e. The first-order valence-electron chi connectivity index (χ1n) is 9.49. The van der Waals surface area contributed by atoms with Gasteiger partial charge < -0.3 is 42.7 Å². The molecule has 0 radical (unpaired) electrons. The van der Waals surface area contributed by atoms with E-state index in [0.717, 1.165) is 11.1 Å². The fourth-order valence-electron chi connectivity index (χ4n) is 2.02. The average molecular weight is 484 g/mol. The molecule has 11 nitrogen and oxygen atoms in total. The lowest BCUT2D eigenvalue weighted by atomic mass is 10.1. The Kier molecular flexibility index (Phi) is 13.9.